The van der Waals surface area contributed by atoms with Crippen LogP contribution in [-0.2, 0) is 6.18 Å². The standard InChI is InChI=1S/C18H15ClF3N3O2/c1-3-27-14-5-4-8-25-15(10(2)23-16(14)25)17(26)24-13-9-11(18(20,21)22)6-7-12(13)19/h4-9H,3H2,1-2H3,(H,24,26). The van der Waals surface area contributed by atoms with Crippen molar-refractivity contribution in [1.82, 2.24) is 9.38 Å². The van der Waals surface area contributed by atoms with E-state index in [1.165, 1.54) is 4.40 Å². The highest BCUT2D eigenvalue weighted by Crippen LogP contribution is 2.34. The van der Waals surface area contributed by atoms with Crippen molar-refractivity contribution in [3.8, 4) is 5.75 Å². The minimum absolute atomic E-state index is 0.00201. The molecule has 142 valence electrons. The molecule has 0 unspecified atom stereocenters. The number of carbonyl (C=O) groups excluding carboxylic acids is 1. The number of hydrogen-bond donors (Lipinski definition) is 1. The van der Waals surface area contributed by atoms with E-state index in [-0.39, 0.29) is 16.4 Å². The van der Waals surface area contributed by atoms with Crippen LogP contribution in [0.3, 0.4) is 0 Å². The molecule has 5 nitrogen and oxygen atoms in total. The Labute approximate surface area is 157 Å². The van der Waals surface area contributed by atoms with E-state index in [0.29, 0.717) is 23.7 Å². The number of anilines is 1. The molecule has 0 saturated carbocycles. The van der Waals surface area contributed by atoms with Gasteiger partial charge in [0.1, 0.15) is 5.69 Å². The molecule has 2 aromatic heterocycles. The molecule has 1 amide bonds. The number of nitrogens with zero attached hydrogens (tertiary/aromatic N) is 2. The summed E-state index contributed by atoms with van der Waals surface area (Å²) in [7, 11) is 0. The lowest BCUT2D eigenvalue weighted by Gasteiger charge is -2.12. The number of pyridine rings is 1. The highest BCUT2D eigenvalue weighted by molar-refractivity contribution is 6.34. The van der Waals surface area contributed by atoms with Gasteiger partial charge in [-0.2, -0.15) is 13.2 Å². The molecule has 0 spiro atoms. The molecule has 0 fully saturated rings. The van der Waals surface area contributed by atoms with Gasteiger partial charge in [0.15, 0.2) is 11.4 Å². The molecule has 0 saturated heterocycles. The van der Waals surface area contributed by atoms with Crippen LogP contribution in [0, 0.1) is 6.92 Å². The minimum atomic E-state index is -4.55. The maximum absolute atomic E-state index is 12.9. The van der Waals surface area contributed by atoms with Crippen LogP contribution in [0.5, 0.6) is 5.75 Å². The molecular formula is C18H15ClF3N3O2. The van der Waals surface area contributed by atoms with E-state index >= 15 is 0 Å². The van der Waals surface area contributed by atoms with Crippen LogP contribution in [0.1, 0.15) is 28.7 Å². The van der Waals surface area contributed by atoms with Crippen LogP contribution < -0.4 is 10.1 Å². The number of imidazole rings is 1. The number of aromatic nitrogens is 2. The van der Waals surface area contributed by atoms with E-state index in [4.69, 9.17) is 16.3 Å². The van der Waals surface area contributed by atoms with Crippen molar-refractivity contribution in [3.63, 3.8) is 0 Å². The molecule has 0 atom stereocenters. The summed E-state index contributed by atoms with van der Waals surface area (Å²) in [6.07, 6.45) is -2.92. The largest absolute Gasteiger partial charge is 0.490 e. The fourth-order valence-electron chi connectivity index (χ4n) is 2.68. The fraction of sp³-hybridized carbons (Fsp3) is 0.222. The number of benzene rings is 1. The van der Waals surface area contributed by atoms with Crippen LogP contribution in [0.2, 0.25) is 5.02 Å². The molecule has 27 heavy (non-hydrogen) atoms. The molecule has 0 radical (unpaired) electrons. The summed E-state index contributed by atoms with van der Waals surface area (Å²) >= 11 is 5.95. The second-order valence-electron chi connectivity index (χ2n) is 5.69. The van der Waals surface area contributed by atoms with Gasteiger partial charge in [0.25, 0.3) is 5.91 Å². The molecule has 0 bridgehead atoms. The van der Waals surface area contributed by atoms with Crippen LogP contribution in [0.4, 0.5) is 18.9 Å². The van der Waals surface area contributed by atoms with Crippen LogP contribution >= 0.6 is 11.6 Å². The fourth-order valence-corrected chi connectivity index (χ4v) is 2.84. The summed E-state index contributed by atoms with van der Waals surface area (Å²) in [5, 5.41) is 2.44. The molecule has 3 rings (SSSR count). The number of amides is 1. The Morgan fingerprint density at radius 3 is 2.74 bits per heavy atom. The summed E-state index contributed by atoms with van der Waals surface area (Å²) in [6.45, 7) is 3.88. The minimum Gasteiger partial charge on any atom is -0.490 e. The summed E-state index contributed by atoms with van der Waals surface area (Å²) < 4.78 is 45.8. The molecule has 0 aliphatic heterocycles. The van der Waals surface area contributed by atoms with Gasteiger partial charge in [-0.1, -0.05) is 11.6 Å². The van der Waals surface area contributed by atoms with Gasteiger partial charge >= 0.3 is 6.18 Å². The number of fused-ring (bicyclic) bond motifs is 1. The Hall–Kier alpha value is -2.74. The van der Waals surface area contributed by atoms with Gasteiger partial charge in [0, 0.05) is 6.20 Å². The third kappa shape index (κ3) is 3.71. The van der Waals surface area contributed by atoms with Crippen molar-refractivity contribution in [3.05, 3.63) is 58.5 Å². The first-order chi connectivity index (χ1) is 12.7. The SMILES string of the molecule is CCOc1cccn2c(C(=O)Nc3cc(C(F)(F)F)ccc3Cl)c(C)nc12. The Morgan fingerprint density at radius 1 is 1.33 bits per heavy atom. The van der Waals surface area contributed by atoms with E-state index in [9.17, 15) is 18.0 Å². The van der Waals surface area contributed by atoms with Gasteiger partial charge in [-0.25, -0.2) is 4.98 Å². The van der Waals surface area contributed by atoms with Gasteiger partial charge in [-0.15, -0.1) is 0 Å². The van der Waals surface area contributed by atoms with Crippen molar-refractivity contribution in [2.45, 2.75) is 20.0 Å². The molecule has 0 aliphatic carbocycles. The van der Waals surface area contributed by atoms with Crippen molar-refractivity contribution >= 4 is 28.8 Å². The Kier molecular flexibility index (Phi) is 5.01. The number of nitrogens with one attached hydrogen (secondary N) is 1. The smallest absolute Gasteiger partial charge is 0.416 e. The molecule has 1 aromatic carbocycles. The quantitative estimate of drug-likeness (QED) is 0.676. The first-order valence-electron chi connectivity index (χ1n) is 8.01. The first kappa shape index (κ1) is 19.0. The highest BCUT2D eigenvalue weighted by atomic mass is 35.5. The Morgan fingerprint density at radius 2 is 2.07 bits per heavy atom. The zero-order valence-corrected chi connectivity index (χ0v) is 15.1. The lowest BCUT2D eigenvalue weighted by molar-refractivity contribution is -0.137. The van der Waals surface area contributed by atoms with E-state index in [2.05, 4.69) is 10.3 Å². The third-order valence-electron chi connectivity index (χ3n) is 3.85. The van der Waals surface area contributed by atoms with Gasteiger partial charge < -0.3 is 10.1 Å². The molecule has 1 N–H and O–H groups in total. The zero-order valence-electron chi connectivity index (χ0n) is 14.4. The van der Waals surface area contributed by atoms with E-state index in [0.717, 1.165) is 18.2 Å². The molecule has 2 heterocycles. The van der Waals surface area contributed by atoms with Crippen LogP contribution in [-0.4, -0.2) is 21.9 Å². The topological polar surface area (TPSA) is 55.6 Å². The average Bonchev–Trinajstić information content (AvgIpc) is 2.93. The van der Waals surface area contributed by atoms with Gasteiger partial charge in [-0.3, -0.25) is 9.20 Å². The van der Waals surface area contributed by atoms with E-state index < -0.39 is 17.6 Å². The van der Waals surface area contributed by atoms with E-state index in [1.807, 2.05) is 6.92 Å². The van der Waals surface area contributed by atoms with Crippen molar-refractivity contribution in [1.29, 1.82) is 0 Å². The highest BCUT2D eigenvalue weighted by Gasteiger charge is 2.31. The van der Waals surface area contributed by atoms with Crippen LogP contribution in [0.15, 0.2) is 36.5 Å². The normalized spacial score (nSPS) is 11.6. The monoisotopic (exact) mass is 397 g/mol. The Balaban J connectivity index is 2.00. The second kappa shape index (κ2) is 7.11. The number of carbonyl (C=O) groups is 1. The number of rotatable bonds is 4. The van der Waals surface area contributed by atoms with Crippen LogP contribution in [0.25, 0.3) is 5.65 Å². The van der Waals surface area contributed by atoms with Crippen molar-refractivity contribution in [2.75, 3.05) is 11.9 Å². The molecule has 3 aromatic rings. The van der Waals surface area contributed by atoms with Crippen molar-refractivity contribution in [2.24, 2.45) is 0 Å². The molecule has 0 aliphatic rings. The first-order valence-corrected chi connectivity index (χ1v) is 8.38. The number of ether oxygens (including phenoxy) is 1. The lowest BCUT2D eigenvalue weighted by atomic mass is 10.2. The molecule has 9 heteroatoms. The summed E-state index contributed by atoms with van der Waals surface area (Å²) in [4.78, 5) is 17.1. The second-order valence-corrected chi connectivity index (χ2v) is 6.10. The average molecular weight is 398 g/mol. The summed E-state index contributed by atoms with van der Waals surface area (Å²) in [6, 6.07) is 6.15. The van der Waals surface area contributed by atoms with Gasteiger partial charge in [0.2, 0.25) is 0 Å². The maximum atomic E-state index is 12.9. The Bertz CT molecular complexity index is 1010. The zero-order chi connectivity index (χ0) is 19.8. The number of hydrogen-bond acceptors (Lipinski definition) is 3. The van der Waals surface area contributed by atoms with Crippen molar-refractivity contribution < 1.29 is 22.7 Å². The third-order valence-corrected chi connectivity index (χ3v) is 4.17. The van der Waals surface area contributed by atoms with Gasteiger partial charge in [-0.05, 0) is 44.2 Å². The predicted octanol–water partition coefficient (Wildman–Crippen LogP) is 4.97. The predicted molar refractivity (Wildman–Crippen MR) is 95.5 cm³/mol. The number of halogens is 4. The number of alkyl halides is 3. The summed E-state index contributed by atoms with van der Waals surface area (Å²) in [5.74, 6) is -0.130. The summed E-state index contributed by atoms with van der Waals surface area (Å²) in [5.41, 5.74) is -0.0116. The van der Waals surface area contributed by atoms with E-state index in [1.54, 1.807) is 25.3 Å². The molecular weight excluding hydrogens is 383 g/mol. The number of aryl methyl sites for hydroxylation is 1. The van der Waals surface area contributed by atoms with Gasteiger partial charge in [0.05, 0.1) is 28.6 Å². The lowest BCUT2D eigenvalue weighted by Crippen LogP contribution is -2.16. The maximum Gasteiger partial charge on any atom is 0.416 e.